The van der Waals surface area contributed by atoms with Crippen LogP contribution in [-0.2, 0) is 81.6 Å². The number of amides is 2. The van der Waals surface area contributed by atoms with Crippen LogP contribution < -0.4 is 38.4 Å². The highest BCUT2D eigenvalue weighted by Crippen LogP contribution is 2.51. The molecule has 12 aromatic rings. The molecule has 0 radical (unpaired) electrons. The highest BCUT2D eigenvalue weighted by molar-refractivity contribution is 7.98. The molecule has 0 spiro atoms. The SMILES string of the molecule is CC(C)(C)OC(=O)N1CCc2cc(N)ccc2C1(C)C.[C-]#[N+]C1(c2cc(-n3c4nc(Nc5ccc6c(c5)CCN(C(=O)OC(C)(C)C)C6(C)C)ncc4c(=O)n3CC)ccn2)CC1.[C-]#[N+]C1(c2cc(-n3c4nc(Nc5ccc6c(c5)CCNC6(C)C)ncc4c(=O)n3CC)ccn2)CC1.[C-]#[N+]C1(c2cc(-n3c4nc(SC)ncc4c(=O)n3CC)ccn2)CC1. The van der Waals surface area contributed by atoms with Crippen molar-refractivity contribution in [3.8, 4) is 17.1 Å². The topological polar surface area (TPSA) is 331 Å². The van der Waals surface area contributed by atoms with Gasteiger partial charge in [0.25, 0.3) is 33.3 Å². The summed E-state index contributed by atoms with van der Waals surface area (Å²) in [5, 5.41) is 12.2. The van der Waals surface area contributed by atoms with Crippen LogP contribution in [0.2, 0.25) is 0 Å². The molecule has 3 fully saturated rings. The second-order valence-electron chi connectivity index (χ2n) is 35.7. The smallest absolute Gasteiger partial charge is 0.411 e. The zero-order valence-corrected chi connectivity index (χ0v) is 73.8. The van der Waals surface area contributed by atoms with Gasteiger partial charge in [0.2, 0.25) is 11.9 Å². The van der Waals surface area contributed by atoms with Crippen LogP contribution in [0.5, 0.6) is 0 Å². The van der Waals surface area contributed by atoms with E-state index in [-0.39, 0.29) is 39.9 Å². The first-order valence-electron chi connectivity index (χ1n) is 42.0. The Hall–Kier alpha value is -13.1. The minimum atomic E-state index is -0.567. The molecule has 32 heteroatoms. The van der Waals surface area contributed by atoms with Gasteiger partial charge in [0, 0.05) is 131 Å². The number of nitrogens with one attached hydrogen (secondary N) is 3. The van der Waals surface area contributed by atoms with E-state index in [9.17, 15) is 24.0 Å². The van der Waals surface area contributed by atoms with Crippen LogP contribution >= 0.6 is 11.8 Å². The van der Waals surface area contributed by atoms with Gasteiger partial charge in [0.1, 0.15) is 44.4 Å². The first-order chi connectivity index (χ1) is 59.0. The number of thioether (sulfide) groups is 1. The van der Waals surface area contributed by atoms with Crippen molar-refractivity contribution < 1.29 is 19.1 Å². The lowest BCUT2D eigenvalue weighted by atomic mass is 9.83. The van der Waals surface area contributed by atoms with Crippen molar-refractivity contribution in [3.05, 3.63) is 244 Å². The van der Waals surface area contributed by atoms with Crippen LogP contribution in [0.4, 0.5) is 38.5 Å². The Labute approximate surface area is 723 Å². The van der Waals surface area contributed by atoms with E-state index in [1.54, 1.807) is 65.7 Å². The highest BCUT2D eigenvalue weighted by atomic mass is 32.2. The number of fused-ring (bicyclic) bond motifs is 6. The van der Waals surface area contributed by atoms with Crippen LogP contribution in [-0.4, -0.2) is 132 Å². The van der Waals surface area contributed by atoms with E-state index in [0.717, 1.165) is 120 Å². The van der Waals surface area contributed by atoms with Crippen molar-refractivity contribution >= 4 is 86.0 Å². The average molecular weight is 1690 g/mol. The molecule has 6 aliphatic rings. The number of benzene rings is 3. The van der Waals surface area contributed by atoms with Crippen LogP contribution in [0.1, 0.15) is 193 Å². The first kappa shape index (κ1) is 85.8. The summed E-state index contributed by atoms with van der Waals surface area (Å²) >= 11 is 1.43. The van der Waals surface area contributed by atoms with Gasteiger partial charge in [-0.2, -0.15) is 9.97 Å². The number of anilines is 5. The molecule has 31 nitrogen and oxygen atoms in total. The third kappa shape index (κ3) is 16.4. The molecular formula is C92H104N24O7S. The van der Waals surface area contributed by atoms with Gasteiger partial charge in [-0.1, -0.05) is 30.0 Å². The van der Waals surface area contributed by atoms with Gasteiger partial charge < -0.3 is 45.7 Å². The Balaban J connectivity index is 0.000000133. The number of ether oxygens (including phenoxy) is 2. The number of nitrogens with two attached hydrogens (primary N) is 1. The van der Waals surface area contributed by atoms with Crippen LogP contribution in [0, 0.1) is 19.7 Å². The summed E-state index contributed by atoms with van der Waals surface area (Å²) < 4.78 is 21.5. The molecule has 9 aromatic heterocycles. The minimum absolute atomic E-state index is 0.0592. The third-order valence-electron chi connectivity index (χ3n) is 23.9. The lowest BCUT2D eigenvalue weighted by Crippen LogP contribution is -2.51. The molecule has 18 rings (SSSR count). The molecule has 3 aliphatic heterocycles. The van der Waals surface area contributed by atoms with E-state index >= 15 is 0 Å². The van der Waals surface area contributed by atoms with Crippen LogP contribution in [0.3, 0.4) is 0 Å². The third-order valence-corrected chi connectivity index (χ3v) is 24.4. The number of carbonyl (C=O) groups is 2. The quantitative estimate of drug-likeness (QED) is 0.0340. The number of nitrogens with zero attached hydrogens (tertiary/aromatic N) is 20. The van der Waals surface area contributed by atoms with Gasteiger partial charge in [-0.15, -0.1) is 0 Å². The highest BCUT2D eigenvalue weighted by Gasteiger charge is 2.56. The first-order valence-corrected chi connectivity index (χ1v) is 43.2. The van der Waals surface area contributed by atoms with Gasteiger partial charge in [0.15, 0.2) is 22.1 Å². The molecule has 640 valence electrons. The Morgan fingerprint density at radius 3 is 1.23 bits per heavy atom. The largest absolute Gasteiger partial charge is 0.444 e. The van der Waals surface area contributed by atoms with Gasteiger partial charge in [0.05, 0.1) is 28.1 Å². The van der Waals surface area contributed by atoms with Gasteiger partial charge >= 0.3 is 12.2 Å². The zero-order chi connectivity index (χ0) is 88.5. The number of nitrogen functional groups attached to an aromatic ring is 1. The summed E-state index contributed by atoms with van der Waals surface area (Å²) in [6, 6.07) is 29.5. The van der Waals surface area contributed by atoms with E-state index < -0.39 is 33.4 Å². The predicted octanol–water partition coefficient (Wildman–Crippen LogP) is 15.6. The molecule has 3 aromatic carbocycles. The monoisotopic (exact) mass is 1690 g/mol. The van der Waals surface area contributed by atoms with Gasteiger partial charge in [-0.3, -0.25) is 39.1 Å². The molecule has 0 saturated heterocycles. The van der Waals surface area contributed by atoms with Crippen molar-refractivity contribution in [1.29, 1.82) is 0 Å². The zero-order valence-electron chi connectivity index (χ0n) is 73.0. The summed E-state index contributed by atoms with van der Waals surface area (Å²) in [7, 11) is 0. The lowest BCUT2D eigenvalue weighted by molar-refractivity contribution is -0.00147. The van der Waals surface area contributed by atoms with Crippen LogP contribution in [0.25, 0.3) is 64.7 Å². The summed E-state index contributed by atoms with van der Waals surface area (Å²) in [5.74, 6) is 0.778. The van der Waals surface area contributed by atoms with Crippen molar-refractivity contribution in [2.45, 2.75) is 231 Å². The minimum Gasteiger partial charge on any atom is -0.444 e. The molecule has 3 aliphatic carbocycles. The summed E-state index contributed by atoms with van der Waals surface area (Å²) in [5.41, 5.74) is 17.5. The Kier molecular flexibility index (Phi) is 22.6. The maximum absolute atomic E-state index is 13.3. The lowest BCUT2D eigenvalue weighted by Gasteiger charge is -2.44. The van der Waals surface area contributed by atoms with E-state index in [4.69, 9.17) is 44.9 Å². The van der Waals surface area contributed by atoms with E-state index in [2.05, 4.69) is 97.4 Å². The fourth-order valence-electron chi connectivity index (χ4n) is 16.8. The molecule has 3 saturated carbocycles. The normalized spacial score (nSPS) is 16.8. The number of rotatable bonds is 14. The number of hydrogen-bond acceptors (Lipinski definition) is 21. The summed E-state index contributed by atoms with van der Waals surface area (Å²) in [6.45, 7) is 55.8. The standard InChI is InChI=1S/C32H36N8O3.C27H28N8O.C17H16N6OS.C16H24N2O2/c1-8-39-27(41)23-19-35-28(37-26(23)40(39)22-11-15-34-25(18-22)32(33-7)13-14-32)36-21-9-10-24-20(17-21)12-16-38(31(24,5)6)29(42)43-30(2,3)4;1-5-34-24(36)20-16-30-25(32-18-6-7-21-17(14-18)8-13-31-26(21,2)3)33-23(20)35(34)19-9-12-29-22(15-19)27(28-4)10-11-27;1-4-22-15(24)12-10-20-16(25-3)21-14(12)23(22)11-5-8-19-13(9-11)17(18-2)6-7-17;1-15(2,3)20-14(19)18-9-8-11-10-12(17)6-7-13(11)16(18,4)5/h9-11,15,17-19H,8,12-14,16H2,1-6H3,(H,35,36,37);6-7,9,12,14-16,31H,5,8,10-11,13H2,1-3H3,(H,30,32,33);5,8-10H,4,6-7H2,1,3H3;6-7,10H,8-9,17H2,1-5H3. The van der Waals surface area contributed by atoms with Crippen molar-refractivity contribution in [2.75, 3.05) is 42.3 Å². The second-order valence-corrected chi connectivity index (χ2v) is 36.4. The van der Waals surface area contributed by atoms with E-state index in [1.807, 2.05) is 178 Å². The molecule has 5 N–H and O–H groups in total. The molecular weight excluding hydrogens is 1590 g/mol. The fourth-order valence-corrected chi connectivity index (χ4v) is 17.1. The van der Waals surface area contributed by atoms with Crippen molar-refractivity contribution in [2.24, 2.45) is 0 Å². The summed E-state index contributed by atoms with van der Waals surface area (Å²) in [6.07, 6.45) is 18.4. The number of pyridine rings is 3. The van der Waals surface area contributed by atoms with Crippen molar-refractivity contribution in [3.63, 3.8) is 0 Å². The Morgan fingerprint density at radius 1 is 0.492 bits per heavy atom. The molecule has 0 atom stereocenters. The number of hydrogen-bond donors (Lipinski definition) is 4. The predicted molar refractivity (Wildman–Crippen MR) is 478 cm³/mol. The summed E-state index contributed by atoms with van der Waals surface area (Å²) in [4.78, 5) is 120. The molecule has 2 amide bonds. The Bertz CT molecular complexity index is 6560. The molecule has 0 bridgehead atoms. The fraction of sp³-hybridized carbons (Fsp3) is 0.424. The molecule has 124 heavy (non-hydrogen) atoms. The Morgan fingerprint density at radius 2 is 0.855 bits per heavy atom. The van der Waals surface area contributed by atoms with Crippen molar-refractivity contribution in [1.82, 2.24) is 88.1 Å². The van der Waals surface area contributed by atoms with Crippen LogP contribution in [0.15, 0.2) is 148 Å². The maximum atomic E-state index is 13.3. The second kappa shape index (κ2) is 32.6. The van der Waals surface area contributed by atoms with E-state index in [0.29, 0.717) is 95.0 Å². The van der Waals surface area contributed by atoms with Gasteiger partial charge in [-0.05, 0) is 242 Å². The number of aromatic nitrogens is 15. The molecule has 0 unspecified atom stereocenters. The number of carbonyl (C=O) groups excluding carboxylic acids is 2. The van der Waals surface area contributed by atoms with Gasteiger partial charge in [-0.25, -0.2) is 77.3 Å². The van der Waals surface area contributed by atoms with E-state index in [1.165, 1.54) is 28.5 Å². The average Bonchev–Trinajstić information content (AvgIpc) is 1.44. The molecule has 12 heterocycles. The maximum Gasteiger partial charge on any atom is 0.411 e.